The second kappa shape index (κ2) is 6.34. The first-order chi connectivity index (χ1) is 10.7. The van der Waals surface area contributed by atoms with Crippen LogP contribution in [0.2, 0.25) is 0 Å². The highest BCUT2D eigenvalue weighted by molar-refractivity contribution is 9.10. The van der Waals surface area contributed by atoms with Gasteiger partial charge in [-0.1, -0.05) is 22.0 Å². The topological polar surface area (TPSA) is 58.9 Å². The van der Waals surface area contributed by atoms with Crippen LogP contribution in [0.25, 0.3) is 23.1 Å². The van der Waals surface area contributed by atoms with Gasteiger partial charge in [0.2, 0.25) is 0 Å². The van der Waals surface area contributed by atoms with E-state index < -0.39 is 0 Å². The van der Waals surface area contributed by atoms with Gasteiger partial charge >= 0.3 is 0 Å². The molecule has 0 bridgehead atoms. The average molecular weight is 356 g/mol. The summed E-state index contributed by atoms with van der Waals surface area (Å²) < 4.78 is 0.958. The van der Waals surface area contributed by atoms with Crippen LogP contribution >= 0.6 is 15.9 Å². The van der Waals surface area contributed by atoms with Crippen molar-refractivity contribution < 1.29 is 5.11 Å². The van der Waals surface area contributed by atoms with E-state index in [1.54, 1.807) is 6.20 Å². The monoisotopic (exact) mass is 355 g/mol. The molecule has 0 fully saturated rings. The first-order valence-corrected chi connectivity index (χ1v) is 7.63. The SMILES string of the molecule is Cc1ccnc(/C=C/c2cc(CO)c3ccc(Br)cc3n2)n1. The second-order valence-electron chi connectivity index (χ2n) is 4.92. The fraction of sp³-hybridized carbons (Fsp3) is 0.118. The number of aryl methyl sites for hydroxylation is 1. The number of aromatic nitrogens is 3. The molecule has 4 nitrogen and oxygen atoms in total. The summed E-state index contributed by atoms with van der Waals surface area (Å²) in [5, 5.41) is 10.5. The van der Waals surface area contributed by atoms with Crippen molar-refractivity contribution in [2.45, 2.75) is 13.5 Å². The van der Waals surface area contributed by atoms with Crippen molar-refractivity contribution in [1.82, 2.24) is 15.0 Å². The van der Waals surface area contributed by atoms with E-state index in [4.69, 9.17) is 0 Å². The molecule has 1 N–H and O–H groups in total. The van der Waals surface area contributed by atoms with Gasteiger partial charge in [0.1, 0.15) is 0 Å². The lowest BCUT2D eigenvalue weighted by atomic mass is 10.1. The molecule has 0 radical (unpaired) electrons. The molecule has 0 saturated heterocycles. The minimum absolute atomic E-state index is 0.0254. The molecule has 5 heteroatoms. The molecular weight excluding hydrogens is 342 g/mol. The van der Waals surface area contributed by atoms with Crippen molar-refractivity contribution >= 4 is 39.0 Å². The van der Waals surface area contributed by atoms with E-state index in [0.717, 1.165) is 32.3 Å². The van der Waals surface area contributed by atoms with Crippen molar-refractivity contribution in [3.63, 3.8) is 0 Å². The lowest BCUT2D eigenvalue weighted by molar-refractivity contribution is 0.283. The van der Waals surface area contributed by atoms with Gasteiger partial charge in [-0.25, -0.2) is 15.0 Å². The van der Waals surface area contributed by atoms with Crippen molar-refractivity contribution in [2.75, 3.05) is 0 Å². The third-order valence-electron chi connectivity index (χ3n) is 3.26. The molecular formula is C17H14BrN3O. The Bertz CT molecular complexity index is 862. The third-order valence-corrected chi connectivity index (χ3v) is 3.76. The van der Waals surface area contributed by atoms with Crippen molar-refractivity contribution in [3.05, 3.63) is 63.8 Å². The van der Waals surface area contributed by atoms with E-state index in [1.165, 1.54) is 0 Å². The molecule has 3 aromatic rings. The predicted octanol–water partition coefficient (Wildman–Crippen LogP) is 3.76. The van der Waals surface area contributed by atoms with E-state index in [1.807, 2.05) is 49.4 Å². The first kappa shape index (κ1) is 14.8. The summed E-state index contributed by atoms with van der Waals surface area (Å²) in [7, 11) is 0. The van der Waals surface area contributed by atoms with Crippen LogP contribution in [0.4, 0.5) is 0 Å². The molecule has 0 unspecified atom stereocenters. The minimum atomic E-state index is -0.0254. The number of benzene rings is 1. The van der Waals surface area contributed by atoms with E-state index in [-0.39, 0.29) is 6.61 Å². The Morgan fingerprint density at radius 3 is 2.77 bits per heavy atom. The molecule has 110 valence electrons. The van der Waals surface area contributed by atoms with Gasteiger partial charge in [-0.3, -0.25) is 0 Å². The maximum absolute atomic E-state index is 9.56. The molecule has 3 rings (SSSR count). The zero-order valence-corrected chi connectivity index (χ0v) is 13.6. The predicted molar refractivity (Wildman–Crippen MR) is 91.1 cm³/mol. The molecule has 0 atom stereocenters. The molecule has 1 aromatic carbocycles. The van der Waals surface area contributed by atoms with E-state index in [9.17, 15) is 5.11 Å². The van der Waals surface area contributed by atoms with E-state index >= 15 is 0 Å². The number of nitrogens with zero attached hydrogens (tertiary/aromatic N) is 3. The van der Waals surface area contributed by atoms with Crippen LogP contribution in [-0.4, -0.2) is 20.1 Å². The van der Waals surface area contributed by atoms with Crippen molar-refractivity contribution in [1.29, 1.82) is 0 Å². The zero-order chi connectivity index (χ0) is 15.5. The number of rotatable bonds is 3. The molecule has 0 amide bonds. The largest absolute Gasteiger partial charge is 0.392 e. The lowest BCUT2D eigenvalue weighted by Gasteiger charge is -2.06. The second-order valence-corrected chi connectivity index (χ2v) is 5.83. The lowest BCUT2D eigenvalue weighted by Crippen LogP contribution is -1.93. The molecule has 0 aliphatic heterocycles. The van der Waals surface area contributed by atoms with Crippen LogP contribution in [0.5, 0.6) is 0 Å². The van der Waals surface area contributed by atoms with Crippen LogP contribution in [0, 0.1) is 6.92 Å². The number of hydrogen-bond donors (Lipinski definition) is 1. The summed E-state index contributed by atoms with van der Waals surface area (Å²) in [4.78, 5) is 13.1. The first-order valence-electron chi connectivity index (χ1n) is 6.83. The highest BCUT2D eigenvalue weighted by Gasteiger charge is 2.04. The highest BCUT2D eigenvalue weighted by atomic mass is 79.9. The number of hydrogen-bond acceptors (Lipinski definition) is 4. The van der Waals surface area contributed by atoms with Crippen LogP contribution in [0.15, 0.2) is 41.0 Å². The molecule has 22 heavy (non-hydrogen) atoms. The molecule has 0 aliphatic carbocycles. The smallest absolute Gasteiger partial charge is 0.152 e. The standard InChI is InChI=1S/C17H14BrN3O/c1-11-6-7-19-17(20-11)5-3-14-8-12(10-22)15-4-2-13(18)9-16(15)21-14/h2-9,22H,10H2,1H3/b5-3+. The van der Waals surface area contributed by atoms with Crippen LogP contribution < -0.4 is 0 Å². The normalized spacial score (nSPS) is 11.4. The van der Waals surface area contributed by atoms with Gasteiger partial charge in [0, 0.05) is 21.7 Å². The van der Waals surface area contributed by atoms with Crippen LogP contribution in [-0.2, 0) is 6.61 Å². The number of fused-ring (bicyclic) bond motifs is 1. The van der Waals surface area contributed by atoms with E-state index in [2.05, 4.69) is 30.9 Å². The van der Waals surface area contributed by atoms with Crippen LogP contribution in [0.1, 0.15) is 22.8 Å². The Morgan fingerprint density at radius 2 is 2.00 bits per heavy atom. The molecule has 2 aromatic heterocycles. The van der Waals surface area contributed by atoms with Gasteiger partial charge in [-0.2, -0.15) is 0 Å². The maximum Gasteiger partial charge on any atom is 0.152 e. The molecule has 0 saturated carbocycles. The van der Waals surface area contributed by atoms with Gasteiger partial charge in [0.25, 0.3) is 0 Å². The summed E-state index contributed by atoms with van der Waals surface area (Å²) in [5.41, 5.74) is 3.37. The third kappa shape index (κ3) is 3.21. The fourth-order valence-corrected chi connectivity index (χ4v) is 2.57. The Labute approximate surface area is 136 Å². The summed E-state index contributed by atoms with van der Waals surface area (Å²) in [6.07, 6.45) is 5.40. The Balaban J connectivity index is 2.03. The van der Waals surface area contributed by atoms with Crippen LogP contribution in [0.3, 0.4) is 0 Å². The maximum atomic E-state index is 9.56. The number of pyridine rings is 1. The number of halogens is 1. The molecule has 2 heterocycles. The quantitative estimate of drug-likeness (QED) is 0.776. The highest BCUT2D eigenvalue weighted by Crippen LogP contribution is 2.23. The summed E-state index contributed by atoms with van der Waals surface area (Å²) >= 11 is 3.45. The van der Waals surface area contributed by atoms with Gasteiger partial charge in [0.05, 0.1) is 17.8 Å². The van der Waals surface area contributed by atoms with Gasteiger partial charge in [0.15, 0.2) is 5.82 Å². The zero-order valence-electron chi connectivity index (χ0n) is 12.0. The Hall–Kier alpha value is -2.11. The van der Waals surface area contributed by atoms with Crippen molar-refractivity contribution in [2.24, 2.45) is 0 Å². The molecule has 0 aliphatic rings. The fourth-order valence-electron chi connectivity index (χ4n) is 2.22. The average Bonchev–Trinajstić information content (AvgIpc) is 2.51. The Kier molecular flexibility index (Phi) is 4.27. The summed E-state index contributed by atoms with van der Waals surface area (Å²) in [5.74, 6) is 0.640. The summed E-state index contributed by atoms with van der Waals surface area (Å²) in [6, 6.07) is 9.57. The molecule has 0 spiro atoms. The minimum Gasteiger partial charge on any atom is -0.392 e. The van der Waals surface area contributed by atoms with Gasteiger partial charge in [-0.15, -0.1) is 0 Å². The summed E-state index contributed by atoms with van der Waals surface area (Å²) in [6.45, 7) is 1.90. The number of aliphatic hydroxyl groups is 1. The van der Waals surface area contributed by atoms with Gasteiger partial charge < -0.3 is 5.11 Å². The number of aliphatic hydroxyl groups excluding tert-OH is 1. The van der Waals surface area contributed by atoms with Gasteiger partial charge in [-0.05, 0) is 48.9 Å². The Morgan fingerprint density at radius 1 is 1.14 bits per heavy atom. The van der Waals surface area contributed by atoms with E-state index in [0.29, 0.717) is 5.82 Å². The van der Waals surface area contributed by atoms with Crippen molar-refractivity contribution in [3.8, 4) is 0 Å².